The molecule has 0 aliphatic heterocycles. The highest BCUT2D eigenvalue weighted by Crippen LogP contribution is 2.21. The Morgan fingerprint density at radius 1 is 1.33 bits per heavy atom. The molecule has 0 radical (unpaired) electrons. The van der Waals surface area contributed by atoms with Crippen LogP contribution < -0.4 is 10.5 Å². The minimum absolute atomic E-state index is 0.479. The molecule has 1 atom stereocenters. The van der Waals surface area contributed by atoms with Gasteiger partial charge in [-0.15, -0.1) is 0 Å². The van der Waals surface area contributed by atoms with E-state index in [1.807, 2.05) is 18.2 Å². The van der Waals surface area contributed by atoms with E-state index in [-0.39, 0.29) is 0 Å². The second kappa shape index (κ2) is 8.24. The van der Waals surface area contributed by atoms with Crippen molar-refractivity contribution in [1.82, 2.24) is 0 Å². The predicted octanol–water partition coefficient (Wildman–Crippen LogP) is 1.44. The first-order valence-corrected chi connectivity index (χ1v) is 7.39. The zero-order valence-electron chi connectivity index (χ0n) is 11.0. The molecule has 2 N–H and O–H groups in total. The van der Waals surface area contributed by atoms with E-state index in [9.17, 15) is 4.21 Å². The van der Waals surface area contributed by atoms with E-state index in [2.05, 4.69) is 0 Å². The topological polar surface area (TPSA) is 61.5 Å². The molecule has 1 rings (SSSR count). The molecule has 0 heterocycles. The van der Waals surface area contributed by atoms with Gasteiger partial charge in [-0.05, 0) is 24.1 Å². The molecule has 0 spiro atoms. The fourth-order valence-corrected chi connectivity index (χ4v) is 2.84. The van der Waals surface area contributed by atoms with E-state index < -0.39 is 10.8 Å². The van der Waals surface area contributed by atoms with Crippen LogP contribution in [0.15, 0.2) is 18.2 Å². The summed E-state index contributed by atoms with van der Waals surface area (Å²) in [5.74, 6) is 1.91. The van der Waals surface area contributed by atoms with Crippen molar-refractivity contribution in [3.63, 3.8) is 0 Å². The van der Waals surface area contributed by atoms with Crippen LogP contribution >= 0.6 is 0 Å². The lowest BCUT2D eigenvalue weighted by Gasteiger charge is -2.10. The molecule has 102 valence electrons. The van der Waals surface area contributed by atoms with E-state index in [0.717, 1.165) is 23.3 Å². The first-order valence-electron chi connectivity index (χ1n) is 5.91. The normalized spacial score (nSPS) is 12.4. The zero-order valence-corrected chi connectivity index (χ0v) is 11.8. The van der Waals surface area contributed by atoms with Crippen molar-refractivity contribution < 1.29 is 13.7 Å². The SMILES string of the molecule is COCCCS(=O)Cc1cc(CN)ccc1OC. The molecule has 0 bridgehead atoms. The molecule has 4 nitrogen and oxygen atoms in total. The van der Waals surface area contributed by atoms with Crippen LogP contribution in [0.25, 0.3) is 0 Å². The van der Waals surface area contributed by atoms with Crippen LogP contribution in [0.5, 0.6) is 5.75 Å². The molecule has 18 heavy (non-hydrogen) atoms. The molecule has 0 aliphatic rings. The first-order chi connectivity index (χ1) is 8.71. The van der Waals surface area contributed by atoms with Crippen molar-refractivity contribution in [2.75, 3.05) is 26.6 Å². The summed E-state index contributed by atoms with van der Waals surface area (Å²) in [7, 11) is 2.37. The number of methoxy groups -OCH3 is 2. The Bertz CT molecular complexity index is 396. The van der Waals surface area contributed by atoms with Gasteiger partial charge in [0.2, 0.25) is 0 Å². The van der Waals surface area contributed by atoms with Gasteiger partial charge in [0, 0.05) is 42.4 Å². The van der Waals surface area contributed by atoms with Gasteiger partial charge < -0.3 is 15.2 Å². The average molecular weight is 271 g/mol. The van der Waals surface area contributed by atoms with Gasteiger partial charge in [-0.2, -0.15) is 0 Å². The number of nitrogens with two attached hydrogens (primary N) is 1. The summed E-state index contributed by atoms with van der Waals surface area (Å²) in [6.07, 6.45) is 0.808. The van der Waals surface area contributed by atoms with Gasteiger partial charge in [0.25, 0.3) is 0 Å². The third kappa shape index (κ3) is 4.76. The third-order valence-corrected chi connectivity index (χ3v) is 3.99. The smallest absolute Gasteiger partial charge is 0.123 e. The summed E-state index contributed by atoms with van der Waals surface area (Å²) in [5.41, 5.74) is 7.59. The number of benzene rings is 1. The molecule has 0 aliphatic carbocycles. The van der Waals surface area contributed by atoms with E-state index in [1.165, 1.54) is 0 Å². The Kier molecular flexibility index (Phi) is 6.93. The Hall–Kier alpha value is -0.910. The maximum Gasteiger partial charge on any atom is 0.123 e. The summed E-state index contributed by atoms with van der Waals surface area (Å²) in [6.45, 7) is 1.12. The van der Waals surface area contributed by atoms with Crippen molar-refractivity contribution in [3.05, 3.63) is 29.3 Å². The van der Waals surface area contributed by atoms with Gasteiger partial charge in [0.05, 0.1) is 12.9 Å². The summed E-state index contributed by atoms with van der Waals surface area (Å²) < 4.78 is 22.1. The maximum absolute atomic E-state index is 11.9. The van der Waals surface area contributed by atoms with Gasteiger partial charge in [-0.3, -0.25) is 4.21 Å². The van der Waals surface area contributed by atoms with Crippen LogP contribution in [0, 0.1) is 0 Å². The van der Waals surface area contributed by atoms with E-state index in [1.54, 1.807) is 14.2 Å². The Labute approximate surface area is 111 Å². The molecule has 1 aromatic rings. The van der Waals surface area contributed by atoms with Crippen molar-refractivity contribution in [1.29, 1.82) is 0 Å². The summed E-state index contributed by atoms with van der Waals surface area (Å²) in [5, 5.41) is 0. The summed E-state index contributed by atoms with van der Waals surface area (Å²) >= 11 is 0. The summed E-state index contributed by atoms with van der Waals surface area (Å²) in [4.78, 5) is 0. The molecule has 0 fully saturated rings. The van der Waals surface area contributed by atoms with Crippen LogP contribution in [0.3, 0.4) is 0 Å². The number of ether oxygens (including phenoxy) is 2. The van der Waals surface area contributed by atoms with Crippen molar-refractivity contribution in [2.24, 2.45) is 5.73 Å². The molecule has 0 aromatic heterocycles. The predicted molar refractivity (Wildman–Crippen MR) is 74.1 cm³/mol. The summed E-state index contributed by atoms with van der Waals surface area (Å²) in [6, 6.07) is 5.77. The highest BCUT2D eigenvalue weighted by molar-refractivity contribution is 7.84. The van der Waals surface area contributed by atoms with Crippen molar-refractivity contribution in [3.8, 4) is 5.75 Å². The zero-order chi connectivity index (χ0) is 13.4. The van der Waals surface area contributed by atoms with E-state index >= 15 is 0 Å². The van der Waals surface area contributed by atoms with E-state index in [0.29, 0.717) is 24.7 Å². The molecular formula is C13H21NO3S. The van der Waals surface area contributed by atoms with Gasteiger partial charge in [-0.1, -0.05) is 6.07 Å². The van der Waals surface area contributed by atoms with Crippen LogP contribution in [-0.2, 0) is 27.8 Å². The van der Waals surface area contributed by atoms with Gasteiger partial charge >= 0.3 is 0 Å². The third-order valence-electron chi connectivity index (χ3n) is 2.62. The van der Waals surface area contributed by atoms with Crippen molar-refractivity contribution in [2.45, 2.75) is 18.7 Å². The lowest BCUT2D eigenvalue weighted by molar-refractivity contribution is 0.200. The Balaban J connectivity index is 2.66. The highest BCUT2D eigenvalue weighted by Gasteiger charge is 2.08. The number of hydrogen-bond donors (Lipinski definition) is 1. The molecule has 1 unspecified atom stereocenters. The largest absolute Gasteiger partial charge is 0.496 e. The van der Waals surface area contributed by atoms with E-state index in [4.69, 9.17) is 15.2 Å². The van der Waals surface area contributed by atoms with Gasteiger partial charge in [0.15, 0.2) is 0 Å². The maximum atomic E-state index is 11.9. The minimum atomic E-state index is -0.895. The second-order valence-corrected chi connectivity index (χ2v) is 5.56. The second-order valence-electron chi connectivity index (χ2n) is 3.98. The fourth-order valence-electron chi connectivity index (χ4n) is 1.68. The number of rotatable bonds is 8. The molecule has 0 amide bonds. The molecule has 0 saturated carbocycles. The average Bonchev–Trinajstić information content (AvgIpc) is 2.39. The lowest BCUT2D eigenvalue weighted by atomic mass is 10.1. The minimum Gasteiger partial charge on any atom is -0.496 e. The molecule has 1 aromatic carbocycles. The molecule has 0 saturated heterocycles. The standard InChI is InChI=1S/C13H21NO3S/c1-16-6-3-7-18(15)10-12-8-11(9-14)4-5-13(12)17-2/h4-5,8H,3,6-7,9-10,14H2,1-2H3. The monoisotopic (exact) mass is 271 g/mol. The highest BCUT2D eigenvalue weighted by atomic mass is 32.2. The molecule has 5 heteroatoms. The van der Waals surface area contributed by atoms with Crippen LogP contribution in [-0.4, -0.2) is 30.8 Å². The Morgan fingerprint density at radius 2 is 2.11 bits per heavy atom. The van der Waals surface area contributed by atoms with Gasteiger partial charge in [0.1, 0.15) is 5.75 Å². The van der Waals surface area contributed by atoms with Crippen LogP contribution in [0.1, 0.15) is 17.5 Å². The van der Waals surface area contributed by atoms with Crippen LogP contribution in [0.2, 0.25) is 0 Å². The first kappa shape index (κ1) is 15.1. The van der Waals surface area contributed by atoms with Crippen LogP contribution in [0.4, 0.5) is 0 Å². The Morgan fingerprint density at radius 3 is 2.72 bits per heavy atom. The fraction of sp³-hybridized carbons (Fsp3) is 0.538. The lowest BCUT2D eigenvalue weighted by Crippen LogP contribution is -2.06. The van der Waals surface area contributed by atoms with Gasteiger partial charge in [-0.25, -0.2) is 0 Å². The number of hydrogen-bond acceptors (Lipinski definition) is 4. The quantitative estimate of drug-likeness (QED) is 0.727. The van der Waals surface area contributed by atoms with Crippen molar-refractivity contribution >= 4 is 10.8 Å². The molecular weight excluding hydrogens is 250 g/mol.